The third-order valence-electron chi connectivity index (χ3n) is 5.62. The van der Waals surface area contributed by atoms with Gasteiger partial charge in [-0.25, -0.2) is 0 Å². The summed E-state index contributed by atoms with van der Waals surface area (Å²) in [5.74, 6) is -1.48. The molecule has 0 fully saturated rings. The van der Waals surface area contributed by atoms with E-state index in [1.807, 2.05) is 22.3 Å². The van der Waals surface area contributed by atoms with Gasteiger partial charge in [0.2, 0.25) is 5.69 Å². The first-order chi connectivity index (χ1) is 15.2. The van der Waals surface area contributed by atoms with Gasteiger partial charge in [0.15, 0.2) is 41.5 Å². The highest BCUT2D eigenvalue weighted by molar-refractivity contribution is 5.92. The van der Waals surface area contributed by atoms with Gasteiger partial charge < -0.3 is 30.6 Å². The van der Waals surface area contributed by atoms with Gasteiger partial charge in [0.1, 0.15) is 11.0 Å². The molecule has 0 aliphatic carbocycles. The number of hydrogen-bond acceptors (Lipinski definition) is 6. The summed E-state index contributed by atoms with van der Waals surface area (Å²) in [5, 5.41) is 60.7. The molecule has 0 saturated carbocycles. The minimum atomic E-state index is -0.268. The van der Waals surface area contributed by atoms with E-state index in [4.69, 9.17) is 0 Å². The SMILES string of the molecule is C[n+]1c(-c2ccc(O)c(O)c2)cc2/c(=C\c3ccc(O)c(O)c3)c3cc(O)c(O)cc3n21. The van der Waals surface area contributed by atoms with E-state index in [0.717, 1.165) is 11.2 Å². The Labute approximate surface area is 181 Å². The van der Waals surface area contributed by atoms with Crippen LogP contribution in [0, 0.1) is 0 Å². The number of nitrogens with zero attached hydrogens (tertiary/aromatic N) is 2. The molecule has 160 valence electrons. The van der Waals surface area contributed by atoms with Crippen LogP contribution in [0.25, 0.3) is 33.8 Å². The summed E-state index contributed by atoms with van der Waals surface area (Å²) in [6.07, 6.45) is 1.80. The highest BCUT2D eigenvalue weighted by Gasteiger charge is 2.23. The molecule has 5 aromatic rings. The van der Waals surface area contributed by atoms with Crippen molar-refractivity contribution in [3.8, 4) is 45.8 Å². The molecule has 0 atom stereocenters. The largest absolute Gasteiger partial charge is 0.504 e. The van der Waals surface area contributed by atoms with Crippen molar-refractivity contribution >= 4 is 22.5 Å². The van der Waals surface area contributed by atoms with Crippen LogP contribution in [0.15, 0.2) is 54.6 Å². The topological polar surface area (TPSA) is 130 Å². The molecule has 0 saturated heterocycles. The number of hydrogen-bond donors (Lipinski definition) is 6. The zero-order chi connectivity index (χ0) is 22.7. The molecule has 0 radical (unpaired) electrons. The van der Waals surface area contributed by atoms with Crippen LogP contribution in [0.1, 0.15) is 5.56 Å². The van der Waals surface area contributed by atoms with Crippen LogP contribution in [0.2, 0.25) is 0 Å². The molecular formula is C24H19N2O6+. The fraction of sp³-hybridized carbons (Fsp3) is 0.0417. The van der Waals surface area contributed by atoms with Crippen molar-refractivity contribution in [1.29, 1.82) is 0 Å². The second kappa shape index (κ2) is 6.71. The second-order valence-electron chi connectivity index (χ2n) is 7.62. The lowest BCUT2D eigenvalue weighted by atomic mass is 10.1. The Kier molecular flexibility index (Phi) is 4.06. The van der Waals surface area contributed by atoms with Crippen molar-refractivity contribution in [2.45, 2.75) is 0 Å². The fourth-order valence-electron chi connectivity index (χ4n) is 4.03. The van der Waals surface area contributed by atoms with Gasteiger partial charge in [-0.3, -0.25) is 0 Å². The van der Waals surface area contributed by atoms with Gasteiger partial charge in [-0.1, -0.05) is 6.07 Å². The lowest BCUT2D eigenvalue weighted by Gasteiger charge is -2.01. The lowest BCUT2D eigenvalue weighted by Crippen LogP contribution is -2.36. The molecule has 5 rings (SSSR count). The average molecular weight is 431 g/mol. The van der Waals surface area contributed by atoms with Crippen LogP contribution in [-0.4, -0.2) is 35.2 Å². The quantitative estimate of drug-likeness (QED) is 0.188. The van der Waals surface area contributed by atoms with Crippen LogP contribution in [0.3, 0.4) is 0 Å². The van der Waals surface area contributed by atoms with Crippen LogP contribution < -0.4 is 9.90 Å². The highest BCUT2D eigenvalue weighted by atomic mass is 16.3. The Morgan fingerprint density at radius 3 is 1.97 bits per heavy atom. The maximum absolute atomic E-state index is 10.1. The summed E-state index contributed by atoms with van der Waals surface area (Å²) in [4.78, 5) is 0. The Hall–Kier alpha value is -4.59. The highest BCUT2D eigenvalue weighted by Crippen LogP contribution is 2.33. The molecule has 0 spiro atoms. The van der Waals surface area contributed by atoms with E-state index in [9.17, 15) is 30.6 Å². The number of phenols is 6. The Morgan fingerprint density at radius 2 is 1.28 bits per heavy atom. The number of phenolic OH excluding ortho intramolecular Hbond substituents is 6. The lowest BCUT2D eigenvalue weighted by molar-refractivity contribution is -0.725. The predicted octanol–water partition coefficient (Wildman–Crippen LogP) is 2.37. The first-order valence-electron chi connectivity index (χ1n) is 9.70. The normalized spacial score (nSPS) is 12.2. The minimum Gasteiger partial charge on any atom is -0.504 e. The fourth-order valence-corrected chi connectivity index (χ4v) is 4.03. The van der Waals surface area contributed by atoms with Crippen molar-refractivity contribution in [2.75, 3.05) is 0 Å². The number of aromatic hydroxyl groups is 6. The first kappa shape index (κ1) is 19.4. The van der Waals surface area contributed by atoms with Crippen LogP contribution in [0.4, 0.5) is 0 Å². The molecule has 0 amide bonds. The number of aryl methyl sites for hydroxylation is 1. The third kappa shape index (κ3) is 2.81. The van der Waals surface area contributed by atoms with E-state index in [1.54, 1.807) is 18.2 Å². The molecule has 3 aromatic carbocycles. The molecule has 8 heteroatoms. The summed E-state index contributed by atoms with van der Waals surface area (Å²) in [6.45, 7) is 0. The summed E-state index contributed by atoms with van der Waals surface area (Å²) in [5.41, 5.74) is 3.38. The zero-order valence-corrected chi connectivity index (χ0v) is 16.9. The summed E-state index contributed by atoms with van der Waals surface area (Å²) < 4.78 is 3.67. The van der Waals surface area contributed by atoms with Gasteiger partial charge in [0, 0.05) is 22.7 Å². The van der Waals surface area contributed by atoms with E-state index >= 15 is 0 Å². The summed E-state index contributed by atoms with van der Waals surface area (Å²) in [7, 11) is 1.81. The van der Waals surface area contributed by atoms with Crippen molar-refractivity contribution < 1.29 is 35.3 Å². The summed E-state index contributed by atoms with van der Waals surface area (Å²) in [6, 6.07) is 13.8. The van der Waals surface area contributed by atoms with Crippen molar-refractivity contribution in [1.82, 2.24) is 4.52 Å². The maximum Gasteiger partial charge on any atom is 0.239 e. The van der Waals surface area contributed by atoms with Crippen LogP contribution in [0.5, 0.6) is 34.5 Å². The van der Waals surface area contributed by atoms with Gasteiger partial charge in [-0.05, 0) is 48.0 Å². The molecule has 8 nitrogen and oxygen atoms in total. The van der Waals surface area contributed by atoms with E-state index in [1.165, 1.54) is 36.4 Å². The molecule has 0 aliphatic rings. The molecule has 0 aliphatic heterocycles. The molecule has 2 aromatic heterocycles. The van der Waals surface area contributed by atoms with Crippen LogP contribution >= 0.6 is 0 Å². The van der Waals surface area contributed by atoms with Gasteiger partial charge in [0.05, 0.1) is 5.56 Å². The number of aromatic nitrogens is 2. The predicted molar refractivity (Wildman–Crippen MR) is 117 cm³/mol. The smallest absolute Gasteiger partial charge is 0.239 e. The van der Waals surface area contributed by atoms with Gasteiger partial charge in [-0.15, -0.1) is 9.20 Å². The molecule has 0 unspecified atom stereocenters. The monoisotopic (exact) mass is 431 g/mol. The molecule has 6 N–H and O–H groups in total. The molecule has 0 bridgehead atoms. The second-order valence-corrected chi connectivity index (χ2v) is 7.62. The van der Waals surface area contributed by atoms with Gasteiger partial charge >= 0.3 is 0 Å². The molecular weight excluding hydrogens is 412 g/mol. The van der Waals surface area contributed by atoms with Crippen molar-refractivity contribution in [2.24, 2.45) is 7.05 Å². The zero-order valence-electron chi connectivity index (χ0n) is 16.9. The Bertz CT molecular complexity index is 1600. The number of benzene rings is 3. The standard InChI is InChI=1S/C24H18N2O6/c1-25-16(13-3-5-20(28)22(30)8-13)10-17-14(6-12-2-4-19(27)21(29)7-12)15-9-23(31)24(32)11-18(15)26(17)25/h2-11H,1H3,(H5,27,28,29,30,31,32)/p+1. The Morgan fingerprint density at radius 1 is 0.656 bits per heavy atom. The number of fused-ring (bicyclic) bond motifs is 3. The minimum absolute atomic E-state index is 0.221. The Balaban J connectivity index is 1.88. The first-order valence-corrected chi connectivity index (χ1v) is 9.70. The molecule has 32 heavy (non-hydrogen) atoms. The van der Waals surface area contributed by atoms with Gasteiger partial charge in [-0.2, -0.15) is 0 Å². The number of rotatable bonds is 2. The van der Waals surface area contributed by atoms with E-state index in [2.05, 4.69) is 0 Å². The van der Waals surface area contributed by atoms with Crippen molar-refractivity contribution in [3.63, 3.8) is 0 Å². The average Bonchev–Trinajstić information content (AvgIpc) is 3.23. The van der Waals surface area contributed by atoms with Crippen LogP contribution in [-0.2, 0) is 7.05 Å². The summed E-state index contributed by atoms with van der Waals surface area (Å²) >= 11 is 0. The van der Waals surface area contributed by atoms with E-state index in [0.29, 0.717) is 27.2 Å². The van der Waals surface area contributed by atoms with Gasteiger partial charge in [0.25, 0.3) is 0 Å². The van der Waals surface area contributed by atoms with E-state index < -0.39 is 0 Å². The third-order valence-corrected chi connectivity index (χ3v) is 5.62. The van der Waals surface area contributed by atoms with E-state index in [-0.39, 0.29) is 34.5 Å². The molecule has 2 heterocycles. The van der Waals surface area contributed by atoms with Crippen molar-refractivity contribution in [3.05, 3.63) is 65.4 Å². The maximum atomic E-state index is 10.1.